The van der Waals surface area contributed by atoms with Gasteiger partial charge in [-0.25, -0.2) is 4.39 Å². The minimum atomic E-state index is -0.175. The SMILES string of the molecule is CN=C(NCc1ncccc1C)N1CCC(Cc2ccc(F)cc2)C1.I. The maximum Gasteiger partial charge on any atom is 0.193 e. The fourth-order valence-electron chi connectivity index (χ4n) is 3.34. The molecule has 1 unspecified atom stereocenters. The van der Waals surface area contributed by atoms with Crippen molar-refractivity contribution in [2.45, 2.75) is 26.3 Å². The van der Waals surface area contributed by atoms with Crippen molar-refractivity contribution in [2.24, 2.45) is 10.9 Å². The maximum absolute atomic E-state index is 13.0. The predicted molar refractivity (Wildman–Crippen MR) is 114 cm³/mol. The smallest absolute Gasteiger partial charge is 0.193 e. The minimum Gasteiger partial charge on any atom is -0.351 e. The van der Waals surface area contributed by atoms with E-state index in [1.165, 1.54) is 23.3 Å². The van der Waals surface area contributed by atoms with Crippen LogP contribution in [0.25, 0.3) is 0 Å². The van der Waals surface area contributed by atoms with E-state index in [0.29, 0.717) is 12.5 Å². The van der Waals surface area contributed by atoms with Crippen LogP contribution < -0.4 is 5.32 Å². The maximum atomic E-state index is 13.0. The van der Waals surface area contributed by atoms with Gasteiger partial charge in [-0.1, -0.05) is 18.2 Å². The van der Waals surface area contributed by atoms with E-state index >= 15 is 0 Å². The molecule has 1 N–H and O–H groups in total. The largest absolute Gasteiger partial charge is 0.351 e. The quantitative estimate of drug-likeness (QED) is 0.422. The van der Waals surface area contributed by atoms with Gasteiger partial charge >= 0.3 is 0 Å². The molecule has 1 fully saturated rings. The Morgan fingerprint density at radius 2 is 2.08 bits per heavy atom. The number of aromatic nitrogens is 1. The summed E-state index contributed by atoms with van der Waals surface area (Å²) in [6.07, 6.45) is 3.93. The Kier molecular flexibility index (Phi) is 7.81. The number of hydrogen-bond donors (Lipinski definition) is 1. The molecular weight excluding hydrogens is 442 g/mol. The zero-order valence-corrected chi connectivity index (χ0v) is 17.6. The van der Waals surface area contributed by atoms with E-state index in [4.69, 9.17) is 0 Å². The second kappa shape index (κ2) is 9.85. The molecule has 1 saturated heterocycles. The molecule has 1 aliphatic rings. The van der Waals surface area contributed by atoms with Gasteiger partial charge in [0.05, 0.1) is 12.2 Å². The number of hydrogen-bond acceptors (Lipinski definition) is 2. The lowest BCUT2D eigenvalue weighted by molar-refractivity contribution is 0.459. The van der Waals surface area contributed by atoms with Crippen LogP contribution in [0, 0.1) is 18.7 Å². The van der Waals surface area contributed by atoms with Crippen molar-refractivity contribution in [2.75, 3.05) is 20.1 Å². The lowest BCUT2D eigenvalue weighted by Crippen LogP contribution is -2.40. The van der Waals surface area contributed by atoms with Gasteiger partial charge in [0.15, 0.2) is 5.96 Å². The van der Waals surface area contributed by atoms with Crippen LogP contribution >= 0.6 is 24.0 Å². The van der Waals surface area contributed by atoms with Crippen molar-refractivity contribution in [3.63, 3.8) is 0 Å². The second-order valence-electron chi connectivity index (χ2n) is 6.60. The number of nitrogens with one attached hydrogen (secondary N) is 1. The molecule has 4 nitrogen and oxygen atoms in total. The summed E-state index contributed by atoms with van der Waals surface area (Å²) < 4.78 is 13.0. The Morgan fingerprint density at radius 3 is 2.77 bits per heavy atom. The molecule has 6 heteroatoms. The second-order valence-corrected chi connectivity index (χ2v) is 6.60. The van der Waals surface area contributed by atoms with Gasteiger partial charge in [0.2, 0.25) is 0 Å². The predicted octanol–water partition coefficient (Wildman–Crippen LogP) is 3.79. The molecule has 2 aromatic rings. The first kappa shape index (κ1) is 20.6. The minimum absolute atomic E-state index is 0. The van der Waals surface area contributed by atoms with Gasteiger partial charge in [-0.15, -0.1) is 24.0 Å². The van der Waals surface area contributed by atoms with Gasteiger partial charge in [-0.3, -0.25) is 9.98 Å². The monoisotopic (exact) mass is 468 g/mol. The van der Waals surface area contributed by atoms with Crippen LogP contribution in [0.5, 0.6) is 0 Å². The molecule has 0 spiro atoms. The topological polar surface area (TPSA) is 40.5 Å². The third-order valence-electron chi connectivity index (χ3n) is 4.77. The van der Waals surface area contributed by atoms with Gasteiger partial charge in [0.25, 0.3) is 0 Å². The fourth-order valence-corrected chi connectivity index (χ4v) is 3.34. The number of rotatable bonds is 4. The van der Waals surface area contributed by atoms with Crippen LogP contribution in [0.3, 0.4) is 0 Å². The first-order valence-electron chi connectivity index (χ1n) is 8.76. The molecule has 1 aromatic carbocycles. The third-order valence-corrected chi connectivity index (χ3v) is 4.77. The van der Waals surface area contributed by atoms with Crippen LogP contribution in [-0.4, -0.2) is 36.0 Å². The molecule has 0 amide bonds. The number of halogens is 2. The Hall–Kier alpha value is -1.70. The number of likely N-dealkylation sites (tertiary alicyclic amines) is 1. The van der Waals surface area contributed by atoms with E-state index in [2.05, 4.69) is 33.2 Å². The average molecular weight is 468 g/mol. The molecule has 1 aromatic heterocycles. The van der Waals surface area contributed by atoms with Crippen LogP contribution in [0.4, 0.5) is 4.39 Å². The number of guanidine groups is 1. The summed E-state index contributed by atoms with van der Waals surface area (Å²) in [4.78, 5) is 11.1. The van der Waals surface area contributed by atoms with Gasteiger partial charge < -0.3 is 10.2 Å². The Bertz CT molecular complexity index is 733. The lowest BCUT2D eigenvalue weighted by atomic mass is 9.99. The molecule has 0 aliphatic carbocycles. The molecule has 2 heterocycles. The standard InChI is InChI=1S/C20H25FN4.HI/c1-15-4-3-10-23-19(15)13-24-20(22-2)25-11-9-17(14-25)12-16-5-7-18(21)8-6-16;/h3-8,10,17H,9,11-14H2,1-2H3,(H,22,24);1H. The molecule has 0 saturated carbocycles. The van der Waals surface area contributed by atoms with Gasteiger partial charge in [0, 0.05) is 26.3 Å². The number of nitrogens with zero attached hydrogens (tertiary/aromatic N) is 3. The van der Waals surface area contributed by atoms with Crippen molar-refractivity contribution in [1.29, 1.82) is 0 Å². The number of aliphatic imine (C=N–C) groups is 1. The lowest BCUT2D eigenvalue weighted by Gasteiger charge is -2.22. The highest BCUT2D eigenvalue weighted by atomic mass is 127. The summed E-state index contributed by atoms with van der Waals surface area (Å²) in [7, 11) is 1.82. The fraction of sp³-hybridized carbons (Fsp3) is 0.400. The van der Waals surface area contributed by atoms with Crippen LogP contribution in [0.15, 0.2) is 47.6 Å². The van der Waals surface area contributed by atoms with Crippen LogP contribution in [0.1, 0.15) is 23.2 Å². The van der Waals surface area contributed by atoms with E-state index in [-0.39, 0.29) is 29.8 Å². The summed E-state index contributed by atoms with van der Waals surface area (Å²) in [6.45, 7) is 4.71. The average Bonchev–Trinajstić information content (AvgIpc) is 3.07. The summed E-state index contributed by atoms with van der Waals surface area (Å²) in [5, 5.41) is 3.42. The Labute approximate surface area is 172 Å². The van der Waals surface area contributed by atoms with E-state index in [1.54, 1.807) is 0 Å². The van der Waals surface area contributed by atoms with E-state index in [0.717, 1.165) is 37.6 Å². The molecule has 140 valence electrons. The first-order valence-corrected chi connectivity index (χ1v) is 8.76. The number of benzene rings is 1. The summed E-state index contributed by atoms with van der Waals surface area (Å²) >= 11 is 0. The number of pyridine rings is 1. The molecule has 0 radical (unpaired) electrons. The summed E-state index contributed by atoms with van der Waals surface area (Å²) in [5.74, 6) is 1.32. The molecule has 0 bridgehead atoms. The highest BCUT2D eigenvalue weighted by Crippen LogP contribution is 2.21. The van der Waals surface area contributed by atoms with Crippen molar-refractivity contribution >= 4 is 29.9 Å². The normalized spacial score (nSPS) is 17.1. The van der Waals surface area contributed by atoms with Gasteiger partial charge in [-0.05, 0) is 55.0 Å². The van der Waals surface area contributed by atoms with Crippen molar-refractivity contribution in [3.8, 4) is 0 Å². The van der Waals surface area contributed by atoms with Crippen LogP contribution in [-0.2, 0) is 13.0 Å². The van der Waals surface area contributed by atoms with Crippen molar-refractivity contribution in [1.82, 2.24) is 15.2 Å². The summed E-state index contributed by atoms with van der Waals surface area (Å²) in [5.41, 5.74) is 3.42. The molecule has 1 atom stereocenters. The number of aryl methyl sites for hydroxylation is 1. The first-order chi connectivity index (χ1) is 12.2. The third kappa shape index (κ3) is 5.40. The molecule has 1 aliphatic heterocycles. The van der Waals surface area contributed by atoms with E-state index in [1.807, 2.05) is 31.4 Å². The van der Waals surface area contributed by atoms with Crippen molar-refractivity contribution < 1.29 is 4.39 Å². The zero-order valence-electron chi connectivity index (χ0n) is 15.3. The van der Waals surface area contributed by atoms with Crippen LogP contribution in [0.2, 0.25) is 0 Å². The Morgan fingerprint density at radius 1 is 1.31 bits per heavy atom. The zero-order chi connectivity index (χ0) is 17.6. The molecular formula is C20H26FIN4. The van der Waals surface area contributed by atoms with Gasteiger partial charge in [-0.2, -0.15) is 0 Å². The Balaban J connectivity index is 0.00000243. The molecule has 3 rings (SSSR count). The highest BCUT2D eigenvalue weighted by Gasteiger charge is 2.25. The highest BCUT2D eigenvalue weighted by molar-refractivity contribution is 14.0. The molecule has 26 heavy (non-hydrogen) atoms. The van der Waals surface area contributed by atoms with E-state index < -0.39 is 0 Å². The van der Waals surface area contributed by atoms with E-state index in [9.17, 15) is 4.39 Å². The van der Waals surface area contributed by atoms with Crippen molar-refractivity contribution in [3.05, 3.63) is 65.2 Å². The summed E-state index contributed by atoms with van der Waals surface area (Å²) in [6, 6.07) is 10.9. The van der Waals surface area contributed by atoms with Gasteiger partial charge in [0.1, 0.15) is 5.82 Å².